The lowest BCUT2D eigenvalue weighted by Gasteiger charge is -2.46. The van der Waals surface area contributed by atoms with E-state index in [1.165, 1.54) is 11.3 Å². The van der Waals surface area contributed by atoms with Crippen molar-refractivity contribution in [3.8, 4) is 22.8 Å². The molecule has 0 aliphatic carbocycles. The van der Waals surface area contributed by atoms with Gasteiger partial charge in [0.15, 0.2) is 11.5 Å². The molecule has 206 valence electrons. The second-order valence-corrected chi connectivity index (χ2v) is 10.2. The van der Waals surface area contributed by atoms with Crippen LogP contribution in [-0.4, -0.2) is 44.4 Å². The second kappa shape index (κ2) is 11.9. The van der Waals surface area contributed by atoms with Crippen LogP contribution in [0.4, 0.5) is 0 Å². The fourth-order valence-corrected chi connectivity index (χ4v) is 6.19. The van der Waals surface area contributed by atoms with Gasteiger partial charge in [0.2, 0.25) is 0 Å². The van der Waals surface area contributed by atoms with E-state index in [-0.39, 0.29) is 13.2 Å². The van der Waals surface area contributed by atoms with Crippen LogP contribution >= 0.6 is 11.3 Å². The highest BCUT2D eigenvalue weighted by atomic mass is 32.1. The van der Waals surface area contributed by atoms with Crippen LogP contribution < -0.4 is 14.8 Å². The summed E-state index contributed by atoms with van der Waals surface area (Å²) in [5.74, 6) is -1.21. The van der Waals surface area contributed by atoms with E-state index in [0.717, 1.165) is 11.1 Å². The van der Waals surface area contributed by atoms with Gasteiger partial charge in [-0.25, -0.2) is 9.78 Å². The van der Waals surface area contributed by atoms with E-state index in [1.807, 2.05) is 67.8 Å². The van der Waals surface area contributed by atoms with E-state index < -0.39 is 29.3 Å². The molecule has 4 rings (SSSR count). The van der Waals surface area contributed by atoms with Crippen LogP contribution in [0.15, 0.2) is 65.2 Å². The first-order valence-corrected chi connectivity index (χ1v) is 13.7. The van der Waals surface area contributed by atoms with Crippen LogP contribution in [0.2, 0.25) is 0 Å². The quantitative estimate of drug-likeness (QED) is 0.352. The number of allylic oxidation sites excluding steroid dienone is 1. The van der Waals surface area contributed by atoms with Crippen molar-refractivity contribution in [1.29, 1.82) is 0 Å². The number of thiazole rings is 1. The first-order chi connectivity index (χ1) is 18.8. The Hall–Kier alpha value is -3.85. The maximum atomic E-state index is 13.7. The maximum absolute atomic E-state index is 13.7. The summed E-state index contributed by atoms with van der Waals surface area (Å²) < 4.78 is 21.9. The maximum Gasteiger partial charge on any atom is 0.336 e. The molecular formula is C30H34N2O6S. The molecule has 1 N–H and O–H groups in total. The molecule has 1 aliphatic heterocycles. The molecule has 0 amide bonds. The van der Waals surface area contributed by atoms with Crippen LogP contribution in [0.3, 0.4) is 0 Å². The standard InChI is InChI=1S/C30H34N2O6S/c1-7-37-28(33)24-18(3)32-30(4,20-12-10-9-11-13-20)26(29(34)38-8-2)25(24)27-31-21(17-39-27)19-14-15-22(35-5)23(16-19)36-6/h9-17,25-26,32H,7-8H2,1-6H3. The van der Waals surface area contributed by atoms with Gasteiger partial charge in [-0.05, 0) is 51.5 Å². The molecule has 3 aromatic rings. The van der Waals surface area contributed by atoms with Crippen molar-refractivity contribution in [2.75, 3.05) is 27.4 Å². The van der Waals surface area contributed by atoms with Gasteiger partial charge in [-0.15, -0.1) is 11.3 Å². The fraction of sp³-hybridized carbons (Fsp3) is 0.367. The first kappa shape index (κ1) is 28.2. The molecule has 0 saturated heterocycles. The minimum absolute atomic E-state index is 0.205. The molecule has 1 aromatic heterocycles. The number of aromatic nitrogens is 1. The molecule has 0 fully saturated rings. The summed E-state index contributed by atoms with van der Waals surface area (Å²) in [4.78, 5) is 32.1. The lowest BCUT2D eigenvalue weighted by molar-refractivity contribution is -0.152. The SMILES string of the molecule is CCOC(=O)C1=C(C)NC(C)(c2ccccc2)C(C(=O)OCC)C1c1nc(-c2ccc(OC)c(OC)c2)cs1. The Balaban J connectivity index is 1.91. The summed E-state index contributed by atoms with van der Waals surface area (Å²) in [6, 6.07) is 15.3. The van der Waals surface area contributed by atoms with Gasteiger partial charge in [0, 0.05) is 16.6 Å². The van der Waals surface area contributed by atoms with Crippen molar-refractivity contribution >= 4 is 23.3 Å². The molecule has 0 saturated carbocycles. The predicted molar refractivity (Wildman–Crippen MR) is 150 cm³/mol. The molecular weight excluding hydrogens is 516 g/mol. The zero-order chi connectivity index (χ0) is 28.2. The second-order valence-electron chi connectivity index (χ2n) is 9.30. The number of esters is 2. The number of nitrogens with one attached hydrogen (secondary N) is 1. The third kappa shape index (κ3) is 5.36. The van der Waals surface area contributed by atoms with E-state index in [9.17, 15) is 9.59 Å². The predicted octanol–water partition coefficient (Wildman–Crippen LogP) is 5.45. The van der Waals surface area contributed by atoms with E-state index in [2.05, 4.69) is 5.32 Å². The third-order valence-corrected chi connectivity index (χ3v) is 7.92. The Kier molecular flexibility index (Phi) is 8.60. The zero-order valence-corrected chi connectivity index (χ0v) is 23.9. The van der Waals surface area contributed by atoms with Gasteiger partial charge in [-0.3, -0.25) is 4.79 Å². The summed E-state index contributed by atoms with van der Waals surface area (Å²) in [6.45, 7) is 7.75. The van der Waals surface area contributed by atoms with Crippen LogP contribution in [0, 0.1) is 5.92 Å². The summed E-state index contributed by atoms with van der Waals surface area (Å²) in [7, 11) is 3.16. The summed E-state index contributed by atoms with van der Waals surface area (Å²) in [6.07, 6.45) is 0. The number of nitrogens with zero attached hydrogens (tertiary/aromatic N) is 1. The number of carbonyl (C=O) groups excluding carboxylic acids is 2. The molecule has 0 spiro atoms. The Bertz CT molecular complexity index is 1370. The lowest BCUT2D eigenvalue weighted by Crippen LogP contribution is -2.55. The number of methoxy groups -OCH3 is 2. The van der Waals surface area contributed by atoms with Crippen LogP contribution in [0.5, 0.6) is 11.5 Å². The number of hydrogen-bond acceptors (Lipinski definition) is 9. The number of benzene rings is 2. The average molecular weight is 551 g/mol. The Morgan fingerprint density at radius 1 is 1.00 bits per heavy atom. The Morgan fingerprint density at radius 2 is 1.69 bits per heavy atom. The van der Waals surface area contributed by atoms with E-state index in [0.29, 0.717) is 33.5 Å². The number of rotatable bonds is 9. The number of ether oxygens (including phenoxy) is 4. The van der Waals surface area contributed by atoms with Gasteiger partial charge in [0.05, 0.1) is 56.1 Å². The minimum Gasteiger partial charge on any atom is -0.493 e. The highest BCUT2D eigenvalue weighted by Gasteiger charge is 2.54. The molecule has 1 aliphatic rings. The highest BCUT2D eigenvalue weighted by molar-refractivity contribution is 7.10. The van der Waals surface area contributed by atoms with Crippen molar-refractivity contribution in [1.82, 2.24) is 10.3 Å². The van der Waals surface area contributed by atoms with Gasteiger partial charge in [0.25, 0.3) is 0 Å². The van der Waals surface area contributed by atoms with Crippen LogP contribution in [0.1, 0.15) is 44.2 Å². The van der Waals surface area contributed by atoms with Crippen LogP contribution in [-0.2, 0) is 24.6 Å². The molecule has 8 nitrogen and oxygen atoms in total. The van der Waals surface area contributed by atoms with Crippen LogP contribution in [0.25, 0.3) is 11.3 Å². The van der Waals surface area contributed by atoms with Gasteiger partial charge >= 0.3 is 11.9 Å². The largest absolute Gasteiger partial charge is 0.493 e. The highest BCUT2D eigenvalue weighted by Crippen LogP contribution is 2.49. The third-order valence-electron chi connectivity index (χ3n) is 6.99. The fourth-order valence-electron chi connectivity index (χ4n) is 5.22. The smallest absolute Gasteiger partial charge is 0.336 e. The van der Waals surface area contributed by atoms with E-state index in [1.54, 1.807) is 28.1 Å². The summed E-state index contributed by atoms with van der Waals surface area (Å²) in [5, 5.41) is 6.01. The number of hydrogen-bond donors (Lipinski definition) is 1. The molecule has 0 radical (unpaired) electrons. The zero-order valence-electron chi connectivity index (χ0n) is 23.1. The molecule has 3 atom stereocenters. The molecule has 0 bridgehead atoms. The molecule has 3 unspecified atom stereocenters. The summed E-state index contributed by atoms with van der Waals surface area (Å²) in [5.41, 5.74) is 2.53. The molecule has 2 heterocycles. The Morgan fingerprint density at radius 3 is 2.33 bits per heavy atom. The summed E-state index contributed by atoms with van der Waals surface area (Å²) >= 11 is 1.39. The van der Waals surface area contributed by atoms with Gasteiger partial charge in [0.1, 0.15) is 5.01 Å². The lowest BCUT2D eigenvalue weighted by atomic mass is 9.67. The van der Waals surface area contributed by atoms with Gasteiger partial charge < -0.3 is 24.3 Å². The van der Waals surface area contributed by atoms with Crippen molar-refractivity contribution in [2.45, 2.75) is 39.2 Å². The molecule has 9 heteroatoms. The molecule has 2 aromatic carbocycles. The molecule has 39 heavy (non-hydrogen) atoms. The van der Waals surface area contributed by atoms with Crippen molar-refractivity contribution in [3.05, 3.63) is 75.8 Å². The van der Waals surface area contributed by atoms with E-state index >= 15 is 0 Å². The van der Waals surface area contributed by atoms with Gasteiger partial charge in [-0.1, -0.05) is 30.3 Å². The average Bonchev–Trinajstić information content (AvgIpc) is 3.43. The van der Waals surface area contributed by atoms with Crippen molar-refractivity contribution in [3.63, 3.8) is 0 Å². The van der Waals surface area contributed by atoms with Gasteiger partial charge in [-0.2, -0.15) is 0 Å². The monoisotopic (exact) mass is 550 g/mol. The Labute approximate surface area is 233 Å². The van der Waals surface area contributed by atoms with Crippen molar-refractivity contribution < 1.29 is 28.5 Å². The number of carbonyl (C=O) groups is 2. The first-order valence-electron chi connectivity index (χ1n) is 12.8. The van der Waals surface area contributed by atoms with Crippen molar-refractivity contribution in [2.24, 2.45) is 5.92 Å². The minimum atomic E-state index is -0.882. The normalized spacial score (nSPS) is 20.7. The topological polar surface area (TPSA) is 96.0 Å². The van der Waals surface area contributed by atoms with E-state index in [4.69, 9.17) is 23.9 Å².